The van der Waals surface area contributed by atoms with E-state index in [0.717, 1.165) is 5.56 Å². The molecule has 0 saturated heterocycles. The second-order valence-corrected chi connectivity index (χ2v) is 7.24. The summed E-state index contributed by atoms with van der Waals surface area (Å²) < 4.78 is 0.691. The molecule has 2 aromatic rings. The molecule has 1 amide bonds. The van der Waals surface area contributed by atoms with E-state index in [4.69, 9.17) is 17.3 Å². The van der Waals surface area contributed by atoms with Crippen LogP contribution in [0.15, 0.2) is 22.5 Å². The molecule has 0 radical (unpaired) electrons. The second kappa shape index (κ2) is 7.11. The quantitative estimate of drug-likeness (QED) is 0.811. The number of nitrogen functional groups attached to an aromatic ring is 1. The van der Waals surface area contributed by atoms with E-state index in [-0.39, 0.29) is 11.2 Å². The van der Waals surface area contributed by atoms with Gasteiger partial charge in [0.25, 0.3) is 0 Å². The van der Waals surface area contributed by atoms with Gasteiger partial charge in [0.05, 0.1) is 5.25 Å². The van der Waals surface area contributed by atoms with Crippen molar-refractivity contribution in [1.29, 1.82) is 0 Å². The molecule has 0 bridgehead atoms. The molecule has 1 atom stereocenters. The molecule has 1 aromatic carbocycles. The van der Waals surface area contributed by atoms with Crippen molar-refractivity contribution in [3.05, 3.63) is 28.8 Å². The molecule has 0 fully saturated rings. The number of nitrogens with one attached hydrogen (secondary N) is 1. The molecule has 0 aliphatic heterocycles. The molecule has 21 heavy (non-hydrogen) atoms. The molecule has 1 unspecified atom stereocenters. The number of carbonyl (C=O) groups is 1. The van der Waals surface area contributed by atoms with Gasteiger partial charge in [0.15, 0.2) is 4.34 Å². The van der Waals surface area contributed by atoms with E-state index in [0.29, 0.717) is 26.6 Å². The van der Waals surface area contributed by atoms with Crippen LogP contribution in [0.3, 0.4) is 0 Å². The van der Waals surface area contributed by atoms with Gasteiger partial charge in [0, 0.05) is 10.7 Å². The van der Waals surface area contributed by atoms with Gasteiger partial charge in [0.2, 0.25) is 11.0 Å². The van der Waals surface area contributed by atoms with Gasteiger partial charge in [0.1, 0.15) is 0 Å². The maximum Gasteiger partial charge on any atom is 0.237 e. The lowest BCUT2D eigenvalue weighted by molar-refractivity contribution is -0.115. The van der Waals surface area contributed by atoms with Crippen LogP contribution in [-0.2, 0) is 4.79 Å². The highest BCUT2D eigenvalue weighted by atomic mass is 35.5. The average Bonchev–Trinajstić information content (AvgIpc) is 2.85. The molecular weight excluding hydrogens is 328 g/mol. The van der Waals surface area contributed by atoms with Gasteiger partial charge in [-0.3, -0.25) is 4.79 Å². The number of aromatic nitrogens is 2. The Kier molecular flexibility index (Phi) is 5.44. The number of carbonyl (C=O) groups excluding carboxylic acids is 1. The Morgan fingerprint density at radius 1 is 1.52 bits per heavy atom. The van der Waals surface area contributed by atoms with Crippen molar-refractivity contribution in [3.63, 3.8) is 0 Å². The fraction of sp³-hybridized carbons (Fsp3) is 0.308. The van der Waals surface area contributed by atoms with Gasteiger partial charge in [-0.25, -0.2) is 0 Å². The summed E-state index contributed by atoms with van der Waals surface area (Å²) in [5, 5.41) is 11.3. The molecule has 5 nitrogen and oxygen atoms in total. The van der Waals surface area contributed by atoms with Gasteiger partial charge in [-0.05, 0) is 31.0 Å². The molecular formula is C13H15ClN4OS2. The molecule has 3 N–H and O–H groups in total. The lowest BCUT2D eigenvalue weighted by atomic mass is 10.2. The van der Waals surface area contributed by atoms with Gasteiger partial charge in [-0.2, -0.15) is 0 Å². The normalized spacial score (nSPS) is 12.1. The number of anilines is 2. The monoisotopic (exact) mass is 342 g/mol. The summed E-state index contributed by atoms with van der Waals surface area (Å²) >= 11 is 8.70. The van der Waals surface area contributed by atoms with Crippen LogP contribution in [0.2, 0.25) is 5.02 Å². The zero-order chi connectivity index (χ0) is 15.4. The fourth-order valence-electron chi connectivity index (χ4n) is 1.61. The third-order valence-electron chi connectivity index (χ3n) is 2.77. The molecule has 0 aliphatic rings. The number of aryl methyl sites for hydroxylation is 1. The highest BCUT2D eigenvalue weighted by molar-refractivity contribution is 8.02. The van der Waals surface area contributed by atoms with Crippen LogP contribution >= 0.6 is 34.7 Å². The molecule has 0 aliphatic carbocycles. The number of hydrogen-bond donors (Lipinski definition) is 2. The first-order valence-corrected chi connectivity index (χ1v) is 8.39. The molecule has 2 rings (SSSR count). The van der Waals surface area contributed by atoms with Gasteiger partial charge < -0.3 is 11.1 Å². The number of thioether (sulfide) groups is 1. The van der Waals surface area contributed by atoms with Crippen molar-refractivity contribution in [2.45, 2.75) is 29.9 Å². The van der Waals surface area contributed by atoms with Crippen LogP contribution in [0.5, 0.6) is 0 Å². The first kappa shape index (κ1) is 16.1. The number of hydrogen-bond acceptors (Lipinski definition) is 6. The number of nitrogens with two attached hydrogens (primary N) is 1. The van der Waals surface area contributed by atoms with Crippen LogP contribution in [0, 0.1) is 6.92 Å². The standard InChI is InChI=1S/C13H15ClN4OS2/c1-3-10(20-13-18-17-12(15)21-13)11(19)16-8-5-4-7(2)9(14)6-8/h4-6,10H,3H2,1-2H3,(H2,15,17)(H,16,19). The summed E-state index contributed by atoms with van der Waals surface area (Å²) in [7, 11) is 0. The molecule has 0 saturated carbocycles. The van der Waals surface area contributed by atoms with E-state index >= 15 is 0 Å². The van der Waals surface area contributed by atoms with E-state index in [2.05, 4.69) is 15.5 Å². The number of benzene rings is 1. The minimum atomic E-state index is -0.252. The highest BCUT2D eigenvalue weighted by Crippen LogP contribution is 2.30. The van der Waals surface area contributed by atoms with Crippen LogP contribution in [0.1, 0.15) is 18.9 Å². The van der Waals surface area contributed by atoms with Crippen molar-refractivity contribution >= 4 is 51.4 Å². The van der Waals surface area contributed by atoms with Crippen LogP contribution in [0.25, 0.3) is 0 Å². The zero-order valence-corrected chi connectivity index (χ0v) is 14.0. The van der Waals surface area contributed by atoms with Crippen LogP contribution < -0.4 is 11.1 Å². The lowest BCUT2D eigenvalue weighted by Gasteiger charge is -2.13. The Morgan fingerprint density at radius 3 is 2.86 bits per heavy atom. The third kappa shape index (κ3) is 4.33. The summed E-state index contributed by atoms with van der Waals surface area (Å²) in [5.41, 5.74) is 7.20. The maximum atomic E-state index is 12.3. The van der Waals surface area contributed by atoms with Gasteiger partial charge in [-0.1, -0.05) is 47.7 Å². The summed E-state index contributed by atoms with van der Waals surface area (Å²) in [4.78, 5) is 12.3. The summed E-state index contributed by atoms with van der Waals surface area (Å²) in [5.74, 6) is -0.0869. The Balaban J connectivity index is 2.04. The van der Waals surface area contributed by atoms with Crippen molar-refractivity contribution in [2.75, 3.05) is 11.1 Å². The highest BCUT2D eigenvalue weighted by Gasteiger charge is 2.20. The Hall–Kier alpha value is -1.31. The molecule has 1 heterocycles. The summed E-state index contributed by atoms with van der Waals surface area (Å²) in [6, 6.07) is 5.45. The number of amides is 1. The summed E-state index contributed by atoms with van der Waals surface area (Å²) in [6.07, 6.45) is 0.676. The van der Waals surface area contributed by atoms with Crippen molar-refractivity contribution < 1.29 is 4.79 Å². The van der Waals surface area contributed by atoms with Gasteiger partial charge >= 0.3 is 0 Å². The van der Waals surface area contributed by atoms with E-state index in [1.165, 1.54) is 23.1 Å². The Morgan fingerprint density at radius 2 is 2.29 bits per heavy atom. The largest absolute Gasteiger partial charge is 0.374 e. The van der Waals surface area contributed by atoms with Gasteiger partial charge in [-0.15, -0.1) is 10.2 Å². The maximum absolute atomic E-state index is 12.3. The SMILES string of the molecule is CCC(Sc1nnc(N)s1)C(=O)Nc1ccc(C)c(Cl)c1. The molecule has 8 heteroatoms. The smallest absolute Gasteiger partial charge is 0.237 e. The average molecular weight is 343 g/mol. The Bertz CT molecular complexity index is 647. The number of nitrogens with zero attached hydrogens (tertiary/aromatic N) is 2. The van der Waals surface area contributed by atoms with E-state index in [1.807, 2.05) is 26.0 Å². The topological polar surface area (TPSA) is 80.9 Å². The fourth-order valence-corrected chi connectivity index (χ4v) is 3.59. The zero-order valence-electron chi connectivity index (χ0n) is 11.6. The Labute approximate surface area is 136 Å². The molecule has 1 aromatic heterocycles. The molecule has 0 spiro atoms. The number of halogens is 1. The number of rotatable bonds is 5. The van der Waals surface area contributed by atoms with Crippen LogP contribution in [0.4, 0.5) is 10.8 Å². The van der Waals surface area contributed by atoms with E-state index < -0.39 is 0 Å². The molecule has 112 valence electrons. The first-order chi connectivity index (χ1) is 9.99. The third-order valence-corrected chi connectivity index (χ3v) is 5.38. The van der Waals surface area contributed by atoms with E-state index in [1.54, 1.807) is 6.07 Å². The minimum Gasteiger partial charge on any atom is -0.374 e. The van der Waals surface area contributed by atoms with Crippen molar-refractivity contribution in [1.82, 2.24) is 10.2 Å². The second-order valence-electron chi connectivity index (χ2n) is 4.37. The minimum absolute atomic E-state index is 0.0869. The van der Waals surface area contributed by atoms with Crippen molar-refractivity contribution in [2.24, 2.45) is 0 Å². The lowest BCUT2D eigenvalue weighted by Crippen LogP contribution is -2.24. The van der Waals surface area contributed by atoms with Crippen molar-refractivity contribution in [3.8, 4) is 0 Å². The predicted molar refractivity (Wildman–Crippen MR) is 89.1 cm³/mol. The van der Waals surface area contributed by atoms with Crippen LogP contribution in [-0.4, -0.2) is 21.4 Å². The summed E-state index contributed by atoms with van der Waals surface area (Å²) in [6.45, 7) is 3.86. The first-order valence-electron chi connectivity index (χ1n) is 6.32. The van der Waals surface area contributed by atoms with E-state index in [9.17, 15) is 4.79 Å². The predicted octanol–water partition coefficient (Wildman–Crippen LogP) is 3.59.